The van der Waals surface area contributed by atoms with Gasteiger partial charge in [-0.15, -0.1) is 0 Å². The first kappa shape index (κ1) is 10.8. The summed E-state index contributed by atoms with van der Waals surface area (Å²) in [4.78, 5) is 6.54. The molecular formula is C12H13N3S. The molecule has 3 nitrogen and oxygen atoms in total. The molecule has 0 saturated carbocycles. The van der Waals surface area contributed by atoms with Crippen molar-refractivity contribution in [1.29, 1.82) is 0 Å². The van der Waals surface area contributed by atoms with Gasteiger partial charge in [0.05, 0.1) is 5.57 Å². The molecule has 0 aliphatic carbocycles. The van der Waals surface area contributed by atoms with Crippen molar-refractivity contribution < 1.29 is 0 Å². The van der Waals surface area contributed by atoms with Crippen LogP contribution in [0.3, 0.4) is 0 Å². The van der Waals surface area contributed by atoms with Gasteiger partial charge in [0.15, 0.2) is 0 Å². The molecule has 1 aliphatic rings. The van der Waals surface area contributed by atoms with Crippen molar-refractivity contribution in [2.45, 2.75) is 0 Å². The summed E-state index contributed by atoms with van der Waals surface area (Å²) in [6.45, 7) is 0. The standard InChI is InChI=1S/C12H13N3S/c1-15(2)9-5-3-8(4-6-9)7-10-11(13)14-12(10)16/h3-7H,1-2H3,(H2,13,14,16)/b10-7-. The number of anilines is 1. The van der Waals surface area contributed by atoms with Gasteiger partial charge in [-0.3, -0.25) is 0 Å². The van der Waals surface area contributed by atoms with Gasteiger partial charge >= 0.3 is 0 Å². The molecule has 4 heteroatoms. The lowest BCUT2D eigenvalue weighted by atomic mass is 10.1. The third-order valence-corrected chi connectivity index (χ3v) is 2.76. The quantitative estimate of drug-likeness (QED) is 0.623. The Kier molecular flexibility index (Phi) is 2.75. The monoisotopic (exact) mass is 231 g/mol. The van der Waals surface area contributed by atoms with E-state index < -0.39 is 0 Å². The van der Waals surface area contributed by atoms with Crippen molar-refractivity contribution in [1.82, 2.24) is 0 Å². The second-order valence-corrected chi connectivity index (χ2v) is 4.23. The lowest BCUT2D eigenvalue weighted by Crippen LogP contribution is -2.29. The molecule has 1 aromatic carbocycles. The van der Waals surface area contributed by atoms with E-state index in [1.54, 1.807) is 0 Å². The Morgan fingerprint density at radius 3 is 2.31 bits per heavy atom. The summed E-state index contributed by atoms with van der Waals surface area (Å²) in [5.74, 6) is 0.529. The SMILES string of the molecule is CN(C)c1ccc(/C=C2\C(=S)N=C2N)cc1. The van der Waals surface area contributed by atoms with Crippen LogP contribution in [0.5, 0.6) is 0 Å². The summed E-state index contributed by atoms with van der Waals surface area (Å²) < 4.78 is 0. The van der Waals surface area contributed by atoms with E-state index >= 15 is 0 Å². The fraction of sp³-hybridized carbons (Fsp3) is 0.167. The van der Waals surface area contributed by atoms with Crippen molar-refractivity contribution in [3.05, 3.63) is 35.4 Å². The van der Waals surface area contributed by atoms with Gasteiger partial charge in [0.25, 0.3) is 0 Å². The van der Waals surface area contributed by atoms with Gasteiger partial charge in [-0.1, -0.05) is 24.4 Å². The van der Waals surface area contributed by atoms with Crippen LogP contribution in [0.1, 0.15) is 5.56 Å². The zero-order chi connectivity index (χ0) is 11.7. The second kappa shape index (κ2) is 4.06. The molecule has 1 aliphatic heterocycles. The molecule has 0 unspecified atom stereocenters. The van der Waals surface area contributed by atoms with Gasteiger partial charge < -0.3 is 10.6 Å². The van der Waals surface area contributed by atoms with E-state index in [-0.39, 0.29) is 0 Å². The number of hydrogen-bond donors (Lipinski definition) is 1. The van der Waals surface area contributed by atoms with E-state index in [9.17, 15) is 0 Å². The maximum Gasteiger partial charge on any atom is 0.139 e. The van der Waals surface area contributed by atoms with Crippen LogP contribution < -0.4 is 10.6 Å². The first-order valence-corrected chi connectivity index (χ1v) is 5.37. The molecule has 2 rings (SSSR count). The molecule has 0 atom stereocenters. The molecule has 1 heterocycles. The number of hydrogen-bond acceptors (Lipinski definition) is 3. The van der Waals surface area contributed by atoms with Crippen molar-refractivity contribution in [2.24, 2.45) is 10.7 Å². The summed E-state index contributed by atoms with van der Waals surface area (Å²) >= 11 is 5.00. The first-order chi connectivity index (χ1) is 7.58. The van der Waals surface area contributed by atoms with Gasteiger partial charge in [0.2, 0.25) is 0 Å². The van der Waals surface area contributed by atoms with Crippen LogP contribution in [0.25, 0.3) is 6.08 Å². The number of thiocarbonyl (C=S) groups is 1. The van der Waals surface area contributed by atoms with Crippen LogP contribution in [0.4, 0.5) is 5.69 Å². The Morgan fingerprint density at radius 2 is 1.88 bits per heavy atom. The van der Waals surface area contributed by atoms with E-state index in [2.05, 4.69) is 22.0 Å². The number of amidine groups is 1. The molecule has 0 amide bonds. The number of nitrogens with two attached hydrogens (primary N) is 1. The van der Waals surface area contributed by atoms with Crippen molar-refractivity contribution in [3.63, 3.8) is 0 Å². The van der Waals surface area contributed by atoms with E-state index in [1.165, 1.54) is 5.69 Å². The van der Waals surface area contributed by atoms with Gasteiger partial charge in [-0.2, -0.15) is 0 Å². The summed E-state index contributed by atoms with van der Waals surface area (Å²) in [6, 6.07) is 8.19. The zero-order valence-corrected chi connectivity index (χ0v) is 10.1. The van der Waals surface area contributed by atoms with Gasteiger partial charge in [0.1, 0.15) is 10.8 Å². The summed E-state index contributed by atoms with van der Waals surface area (Å²) in [7, 11) is 4.03. The van der Waals surface area contributed by atoms with Crippen LogP contribution in [-0.2, 0) is 0 Å². The van der Waals surface area contributed by atoms with Crippen LogP contribution >= 0.6 is 12.2 Å². The number of nitrogens with zero attached hydrogens (tertiary/aromatic N) is 2. The van der Waals surface area contributed by atoms with Crippen molar-refractivity contribution in [2.75, 3.05) is 19.0 Å². The zero-order valence-electron chi connectivity index (χ0n) is 9.27. The molecule has 1 aromatic rings. The van der Waals surface area contributed by atoms with Gasteiger partial charge in [-0.05, 0) is 23.8 Å². The minimum absolute atomic E-state index is 0.529. The van der Waals surface area contributed by atoms with Gasteiger partial charge in [0, 0.05) is 19.8 Å². The minimum Gasteiger partial charge on any atom is -0.383 e. The maximum absolute atomic E-state index is 5.63. The number of benzene rings is 1. The van der Waals surface area contributed by atoms with Crippen molar-refractivity contribution >= 4 is 34.8 Å². The molecule has 2 N–H and O–H groups in total. The predicted molar refractivity (Wildman–Crippen MR) is 73.0 cm³/mol. The molecule has 0 saturated heterocycles. The normalized spacial score (nSPS) is 17.0. The van der Waals surface area contributed by atoms with E-state index in [0.717, 1.165) is 11.1 Å². The number of rotatable bonds is 2. The second-order valence-electron chi connectivity index (χ2n) is 3.85. The Labute approximate surface area is 100 Å². The Bertz CT molecular complexity index is 483. The molecule has 16 heavy (non-hydrogen) atoms. The van der Waals surface area contributed by atoms with Crippen LogP contribution in [0, 0.1) is 0 Å². The molecule has 82 valence electrons. The van der Waals surface area contributed by atoms with Crippen LogP contribution in [-0.4, -0.2) is 24.9 Å². The third kappa shape index (κ3) is 1.97. The highest BCUT2D eigenvalue weighted by atomic mass is 32.1. The average Bonchev–Trinajstić information content (AvgIpc) is 2.27. The molecule has 0 radical (unpaired) electrons. The van der Waals surface area contributed by atoms with E-state index in [4.69, 9.17) is 18.0 Å². The Balaban J connectivity index is 2.24. The third-order valence-electron chi connectivity index (χ3n) is 2.45. The highest BCUT2D eigenvalue weighted by molar-refractivity contribution is 7.81. The van der Waals surface area contributed by atoms with Crippen LogP contribution in [0.2, 0.25) is 0 Å². The predicted octanol–water partition coefficient (Wildman–Crippen LogP) is 1.83. The van der Waals surface area contributed by atoms with E-state index in [1.807, 2.05) is 32.3 Å². The summed E-state index contributed by atoms with van der Waals surface area (Å²) in [5.41, 5.74) is 8.74. The van der Waals surface area contributed by atoms with Gasteiger partial charge in [-0.25, -0.2) is 4.99 Å². The molecule has 0 aromatic heterocycles. The Hall–Kier alpha value is -1.68. The topological polar surface area (TPSA) is 41.6 Å². The summed E-state index contributed by atoms with van der Waals surface area (Å²) in [6.07, 6.45) is 1.96. The van der Waals surface area contributed by atoms with E-state index in [0.29, 0.717) is 10.8 Å². The highest BCUT2D eigenvalue weighted by Gasteiger charge is 2.18. The maximum atomic E-state index is 5.63. The smallest absolute Gasteiger partial charge is 0.139 e. The highest BCUT2D eigenvalue weighted by Crippen LogP contribution is 2.18. The fourth-order valence-electron chi connectivity index (χ4n) is 1.46. The lowest BCUT2D eigenvalue weighted by molar-refractivity contribution is 1.13. The molecule has 0 bridgehead atoms. The fourth-order valence-corrected chi connectivity index (χ4v) is 1.72. The first-order valence-electron chi connectivity index (χ1n) is 4.96. The number of aliphatic imine (C=N–C) groups is 1. The Morgan fingerprint density at radius 1 is 1.25 bits per heavy atom. The van der Waals surface area contributed by atoms with Crippen molar-refractivity contribution in [3.8, 4) is 0 Å². The largest absolute Gasteiger partial charge is 0.383 e. The minimum atomic E-state index is 0.529. The molecular weight excluding hydrogens is 218 g/mol. The molecule has 0 fully saturated rings. The average molecular weight is 231 g/mol. The van der Waals surface area contributed by atoms with Crippen LogP contribution in [0.15, 0.2) is 34.8 Å². The lowest BCUT2D eigenvalue weighted by Gasteiger charge is -2.15. The summed E-state index contributed by atoms with van der Waals surface area (Å²) in [5, 5.41) is 0. The molecule has 0 spiro atoms.